The fourth-order valence-electron chi connectivity index (χ4n) is 1.23. The van der Waals surface area contributed by atoms with Crippen LogP contribution in [-0.4, -0.2) is 10.1 Å². The van der Waals surface area contributed by atoms with E-state index in [2.05, 4.69) is 11.9 Å². The van der Waals surface area contributed by atoms with E-state index < -0.39 is 5.82 Å². The quantitative estimate of drug-likeness (QED) is 0.287. The SMILES string of the molecule is C=CCC(O)=C(C#N)C(=S)Nc1ccccc1F. The fraction of sp³-hybridized carbons (Fsp3) is 0.0769. The highest BCUT2D eigenvalue weighted by molar-refractivity contribution is 7.81. The lowest BCUT2D eigenvalue weighted by molar-refractivity contribution is 0.399. The second-order valence-electron chi connectivity index (χ2n) is 3.36. The molecule has 2 N–H and O–H groups in total. The molecule has 0 fully saturated rings. The summed E-state index contributed by atoms with van der Waals surface area (Å²) in [4.78, 5) is -0.0260. The molecule has 0 aliphatic carbocycles. The van der Waals surface area contributed by atoms with E-state index >= 15 is 0 Å². The van der Waals surface area contributed by atoms with Gasteiger partial charge in [-0.1, -0.05) is 30.4 Å². The number of para-hydroxylation sites is 1. The maximum atomic E-state index is 13.4. The summed E-state index contributed by atoms with van der Waals surface area (Å²) < 4.78 is 13.4. The molecule has 18 heavy (non-hydrogen) atoms. The molecule has 0 spiro atoms. The zero-order valence-corrected chi connectivity index (χ0v) is 10.3. The highest BCUT2D eigenvalue weighted by Crippen LogP contribution is 2.15. The standard InChI is InChI=1S/C13H11FN2OS/c1-2-5-12(17)9(8-15)13(18)16-11-7-4-3-6-10(11)14/h2-4,6-7,17H,1,5H2,(H,16,18). The van der Waals surface area contributed by atoms with Gasteiger partial charge in [0.15, 0.2) is 0 Å². The van der Waals surface area contributed by atoms with Crippen LogP contribution >= 0.6 is 12.2 Å². The Balaban J connectivity index is 2.95. The van der Waals surface area contributed by atoms with Gasteiger partial charge in [0, 0.05) is 6.42 Å². The largest absolute Gasteiger partial charge is 0.510 e. The summed E-state index contributed by atoms with van der Waals surface area (Å²) in [6.45, 7) is 3.45. The Bertz CT molecular complexity index is 546. The molecule has 1 rings (SSSR count). The van der Waals surface area contributed by atoms with Crippen molar-refractivity contribution in [3.63, 3.8) is 0 Å². The Morgan fingerprint density at radius 1 is 1.56 bits per heavy atom. The number of hydrogen-bond acceptors (Lipinski definition) is 3. The number of halogens is 1. The van der Waals surface area contributed by atoms with Gasteiger partial charge in [-0.2, -0.15) is 5.26 Å². The Labute approximate surface area is 110 Å². The fourth-order valence-corrected chi connectivity index (χ4v) is 1.51. The minimum atomic E-state index is -0.486. The number of aliphatic hydroxyl groups excluding tert-OH is 1. The summed E-state index contributed by atoms with van der Waals surface area (Å²) >= 11 is 4.95. The molecule has 0 aromatic heterocycles. The van der Waals surface area contributed by atoms with Gasteiger partial charge in [0.25, 0.3) is 0 Å². The first-order chi connectivity index (χ1) is 8.60. The zero-order chi connectivity index (χ0) is 13.5. The number of nitrogens with zero attached hydrogens (tertiary/aromatic N) is 1. The van der Waals surface area contributed by atoms with Crippen LogP contribution in [0, 0.1) is 17.1 Å². The molecule has 0 aliphatic rings. The highest BCUT2D eigenvalue weighted by atomic mass is 32.1. The maximum absolute atomic E-state index is 13.4. The second kappa shape index (κ2) is 6.52. The van der Waals surface area contributed by atoms with Gasteiger partial charge >= 0.3 is 0 Å². The van der Waals surface area contributed by atoms with Crippen LogP contribution in [0.5, 0.6) is 0 Å². The maximum Gasteiger partial charge on any atom is 0.146 e. The Kier molecular flexibility index (Phi) is 5.03. The number of hydrogen-bond donors (Lipinski definition) is 2. The first-order valence-corrected chi connectivity index (χ1v) is 5.50. The van der Waals surface area contributed by atoms with E-state index in [1.165, 1.54) is 18.2 Å². The molecular weight excluding hydrogens is 251 g/mol. The second-order valence-corrected chi connectivity index (χ2v) is 3.77. The number of allylic oxidation sites excluding steroid dienone is 1. The predicted octanol–water partition coefficient (Wildman–Crippen LogP) is 3.48. The van der Waals surface area contributed by atoms with Crippen molar-refractivity contribution in [1.29, 1.82) is 5.26 Å². The van der Waals surface area contributed by atoms with Crippen molar-refractivity contribution in [1.82, 2.24) is 0 Å². The molecule has 1 aromatic rings. The molecule has 1 aromatic carbocycles. The summed E-state index contributed by atoms with van der Waals surface area (Å²) in [5, 5.41) is 21.1. The van der Waals surface area contributed by atoms with Crippen LogP contribution in [0.25, 0.3) is 0 Å². The summed E-state index contributed by atoms with van der Waals surface area (Å²) in [7, 11) is 0. The van der Waals surface area contributed by atoms with Crippen molar-refractivity contribution in [3.05, 3.63) is 54.1 Å². The third-order valence-corrected chi connectivity index (χ3v) is 2.39. The Morgan fingerprint density at radius 2 is 2.22 bits per heavy atom. The molecule has 0 atom stereocenters. The number of thiocarbonyl (C=S) groups is 1. The lowest BCUT2D eigenvalue weighted by Crippen LogP contribution is -2.14. The molecule has 92 valence electrons. The van der Waals surface area contributed by atoms with E-state index in [1.807, 2.05) is 0 Å². The number of nitriles is 1. The summed E-state index contributed by atoms with van der Waals surface area (Å²) in [6, 6.07) is 7.71. The molecule has 3 nitrogen and oxygen atoms in total. The molecule has 0 bridgehead atoms. The van der Waals surface area contributed by atoms with Crippen molar-refractivity contribution in [3.8, 4) is 6.07 Å². The zero-order valence-electron chi connectivity index (χ0n) is 9.48. The summed E-state index contributed by atoms with van der Waals surface area (Å²) in [5.41, 5.74) is 0.0646. The van der Waals surface area contributed by atoms with Gasteiger partial charge < -0.3 is 10.4 Å². The van der Waals surface area contributed by atoms with Gasteiger partial charge in [-0.05, 0) is 12.1 Å². The lowest BCUT2D eigenvalue weighted by Gasteiger charge is -2.08. The van der Waals surface area contributed by atoms with E-state index in [0.717, 1.165) is 0 Å². The van der Waals surface area contributed by atoms with Gasteiger partial charge in [0.05, 0.1) is 5.69 Å². The molecule has 0 aliphatic heterocycles. The number of nitrogens with one attached hydrogen (secondary N) is 1. The summed E-state index contributed by atoms with van der Waals surface area (Å²) in [5.74, 6) is -0.679. The van der Waals surface area contributed by atoms with E-state index in [-0.39, 0.29) is 28.4 Å². The normalized spacial score (nSPS) is 11.1. The number of aliphatic hydroxyl groups is 1. The van der Waals surface area contributed by atoms with Crippen LogP contribution in [0.4, 0.5) is 10.1 Å². The van der Waals surface area contributed by atoms with E-state index in [0.29, 0.717) is 0 Å². The van der Waals surface area contributed by atoms with Crippen molar-refractivity contribution < 1.29 is 9.50 Å². The van der Waals surface area contributed by atoms with Crippen molar-refractivity contribution >= 4 is 22.9 Å². The van der Waals surface area contributed by atoms with E-state index in [9.17, 15) is 9.50 Å². The molecule has 0 saturated heterocycles. The van der Waals surface area contributed by atoms with Crippen LogP contribution in [0.3, 0.4) is 0 Å². The average molecular weight is 262 g/mol. The van der Waals surface area contributed by atoms with Crippen molar-refractivity contribution in [2.45, 2.75) is 6.42 Å². The molecular formula is C13H11FN2OS. The molecule has 0 heterocycles. The summed E-state index contributed by atoms with van der Waals surface area (Å²) in [6.07, 6.45) is 1.57. The van der Waals surface area contributed by atoms with Crippen molar-refractivity contribution in [2.24, 2.45) is 0 Å². The van der Waals surface area contributed by atoms with Gasteiger partial charge in [0.2, 0.25) is 0 Å². The van der Waals surface area contributed by atoms with Crippen LogP contribution < -0.4 is 5.32 Å². The van der Waals surface area contributed by atoms with Crippen LogP contribution in [0.2, 0.25) is 0 Å². The van der Waals surface area contributed by atoms with Gasteiger partial charge in [-0.25, -0.2) is 4.39 Å². The molecule has 5 heteroatoms. The minimum Gasteiger partial charge on any atom is -0.510 e. The van der Waals surface area contributed by atoms with Crippen LogP contribution in [0.15, 0.2) is 48.3 Å². The first-order valence-electron chi connectivity index (χ1n) is 5.09. The highest BCUT2D eigenvalue weighted by Gasteiger charge is 2.12. The Hall–Kier alpha value is -2.19. The third-order valence-electron chi connectivity index (χ3n) is 2.09. The predicted molar refractivity (Wildman–Crippen MR) is 72.7 cm³/mol. The van der Waals surface area contributed by atoms with Gasteiger partial charge in [-0.3, -0.25) is 0 Å². The van der Waals surface area contributed by atoms with Gasteiger partial charge in [0.1, 0.15) is 28.2 Å². The Morgan fingerprint density at radius 3 is 2.78 bits per heavy atom. The molecule has 0 saturated carbocycles. The number of rotatable bonds is 4. The lowest BCUT2D eigenvalue weighted by atomic mass is 10.2. The number of anilines is 1. The van der Waals surface area contributed by atoms with Crippen LogP contribution in [-0.2, 0) is 0 Å². The topological polar surface area (TPSA) is 56.0 Å². The van der Waals surface area contributed by atoms with Crippen LogP contribution in [0.1, 0.15) is 6.42 Å². The first kappa shape index (κ1) is 13.9. The third kappa shape index (κ3) is 3.40. The van der Waals surface area contributed by atoms with E-state index in [4.69, 9.17) is 17.5 Å². The molecule has 0 unspecified atom stereocenters. The molecule has 0 radical (unpaired) electrons. The average Bonchev–Trinajstić information content (AvgIpc) is 2.33. The van der Waals surface area contributed by atoms with Crippen molar-refractivity contribution in [2.75, 3.05) is 5.32 Å². The smallest absolute Gasteiger partial charge is 0.146 e. The number of benzene rings is 1. The van der Waals surface area contributed by atoms with Gasteiger partial charge in [-0.15, -0.1) is 6.58 Å². The molecule has 0 amide bonds. The monoisotopic (exact) mass is 262 g/mol. The van der Waals surface area contributed by atoms with E-state index in [1.54, 1.807) is 18.2 Å². The minimum absolute atomic E-state index is 0.0260.